The molecule has 3 amide bonds. The van der Waals surface area contributed by atoms with Gasteiger partial charge in [-0.2, -0.15) is 0 Å². The zero-order valence-corrected chi connectivity index (χ0v) is 21.7. The van der Waals surface area contributed by atoms with Crippen molar-refractivity contribution in [2.45, 2.75) is 85.0 Å². The van der Waals surface area contributed by atoms with Crippen LogP contribution in [0.25, 0.3) is 0 Å². The predicted octanol–water partition coefficient (Wildman–Crippen LogP) is 1.84. The standard InChI is InChI=1S/C26H42N4O5/c1-7-17(6)21(27)24(32)28-19(13-15(2)3)23(31)30-22(16(4)5)25(33)29-20(26(34)35)14-18-11-9-8-10-12-18/h8-12,15-17,19-22H,7,13-14,27H2,1-6H3,(H,28,32)(H,29,33)(H,30,31)(H,34,35). The molecule has 5 atom stereocenters. The van der Waals surface area contributed by atoms with E-state index in [1.54, 1.807) is 38.1 Å². The average molecular weight is 491 g/mol. The Morgan fingerprint density at radius 1 is 0.857 bits per heavy atom. The van der Waals surface area contributed by atoms with Crippen molar-refractivity contribution >= 4 is 23.7 Å². The summed E-state index contributed by atoms with van der Waals surface area (Å²) in [4.78, 5) is 50.6. The maximum Gasteiger partial charge on any atom is 0.326 e. The minimum absolute atomic E-state index is 0.0514. The van der Waals surface area contributed by atoms with Gasteiger partial charge in [0.25, 0.3) is 0 Å². The van der Waals surface area contributed by atoms with Crippen molar-refractivity contribution in [2.75, 3.05) is 0 Å². The van der Waals surface area contributed by atoms with E-state index in [9.17, 15) is 24.3 Å². The highest BCUT2D eigenvalue weighted by molar-refractivity contribution is 5.94. The molecule has 0 saturated heterocycles. The number of nitrogens with two attached hydrogens (primary N) is 1. The van der Waals surface area contributed by atoms with Crippen LogP contribution in [0.1, 0.15) is 59.9 Å². The molecule has 0 bridgehead atoms. The first-order chi connectivity index (χ1) is 16.4. The first-order valence-electron chi connectivity index (χ1n) is 12.3. The van der Waals surface area contributed by atoms with E-state index in [1.807, 2.05) is 33.8 Å². The van der Waals surface area contributed by atoms with Gasteiger partial charge in [-0.3, -0.25) is 14.4 Å². The Balaban J connectivity index is 2.97. The van der Waals surface area contributed by atoms with Crippen LogP contribution in [0.3, 0.4) is 0 Å². The number of carboxylic acids is 1. The van der Waals surface area contributed by atoms with Crippen LogP contribution in [0.4, 0.5) is 0 Å². The van der Waals surface area contributed by atoms with E-state index in [-0.39, 0.29) is 24.2 Å². The third-order valence-electron chi connectivity index (χ3n) is 6.04. The predicted molar refractivity (Wildman–Crippen MR) is 135 cm³/mol. The van der Waals surface area contributed by atoms with Crippen LogP contribution in [0, 0.1) is 17.8 Å². The fourth-order valence-electron chi connectivity index (χ4n) is 3.58. The summed E-state index contributed by atoms with van der Waals surface area (Å²) in [6, 6.07) is 5.24. The van der Waals surface area contributed by atoms with Gasteiger partial charge in [0.15, 0.2) is 0 Å². The molecule has 0 aliphatic carbocycles. The summed E-state index contributed by atoms with van der Waals surface area (Å²) in [5.74, 6) is -2.96. The molecule has 1 rings (SSSR count). The SMILES string of the molecule is CCC(C)C(N)C(=O)NC(CC(C)C)C(=O)NC(C(=O)NC(Cc1ccccc1)C(=O)O)C(C)C. The molecule has 5 unspecified atom stereocenters. The number of benzene rings is 1. The van der Waals surface area contributed by atoms with E-state index < -0.39 is 47.9 Å². The fourth-order valence-corrected chi connectivity index (χ4v) is 3.58. The van der Waals surface area contributed by atoms with Gasteiger partial charge in [0.1, 0.15) is 18.1 Å². The van der Waals surface area contributed by atoms with Crippen LogP contribution < -0.4 is 21.7 Å². The molecule has 9 heteroatoms. The zero-order chi connectivity index (χ0) is 26.7. The Morgan fingerprint density at radius 3 is 1.91 bits per heavy atom. The van der Waals surface area contributed by atoms with Gasteiger partial charge in [0, 0.05) is 6.42 Å². The third-order valence-corrected chi connectivity index (χ3v) is 6.04. The summed E-state index contributed by atoms with van der Waals surface area (Å²) in [6.45, 7) is 11.2. The van der Waals surface area contributed by atoms with Crippen LogP contribution in [0.2, 0.25) is 0 Å². The Hall–Kier alpha value is -2.94. The molecule has 1 aromatic rings. The number of carbonyl (C=O) groups is 4. The average Bonchev–Trinajstić information content (AvgIpc) is 2.80. The summed E-state index contributed by atoms with van der Waals surface area (Å²) in [6.07, 6.45) is 1.20. The molecule has 0 saturated carbocycles. The highest BCUT2D eigenvalue weighted by Crippen LogP contribution is 2.11. The van der Waals surface area contributed by atoms with E-state index in [0.29, 0.717) is 6.42 Å². The summed E-state index contributed by atoms with van der Waals surface area (Å²) in [5, 5.41) is 17.6. The smallest absolute Gasteiger partial charge is 0.326 e. The van der Waals surface area contributed by atoms with Gasteiger partial charge in [-0.25, -0.2) is 4.79 Å². The van der Waals surface area contributed by atoms with Crippen molar-refractivity contribution in [1.82, 2.24) is 16.0 Å². The third kappa shape index (κ3) is 10.1. The molecule has 0 fully saturated rings. The lowest BCUT2D eigenvalue weighted by Crippen LogP contribution is -2.59. The van der Waals surface area contributed by atoms with Crippen LogP contribution in [0.15, 0.2) is 30.3 Å². The summed E-state index contributed by atoms with van der Waals surface area (Å²) in [5.41, 5.74) is 6.80. The number of hydrogen-bond donors (Lipinski definition) is 5. The van der Waals surface area contributed by atoms with Crippen molar-refractivity contribution < 1.29 is 24.3 Å². The molecule has 1 aromatic carbocycles. The van der Waals surface area contributed by atoms with Gasteiger partial charge in [0.05, 0.1) is 6.04 Å². The number of nitrogens with one attached hydrogen (secondary N) is 3. The van der Waals surface area contributed by atoms with Crippen LogP contribution in [-0.4, -0.2) is 53.0 Å². The van der Waals surface area contributed by atoms with Crippen molar-refractivity contribution in [1.29, 1.82) is 0 Å². The first kappa shape index (κ1) is 30.1. The number of carboxylic acid groups (broad SMARTS) is 1. The summed E-state index contributed by atoms with van der Waals surface area (Å²) >= 11 is 0. The molecular weight excluding hydrogens is 448 g/mol. The number of carbonyl (C=O) groups excluding carboxylic acids is 3. The van der Waals surface area contributed by atoms with E-state index in [0.717, 1.165) is 12.0 Å². The molecule has 35 heavy (non-hydrogen) atoms. The van der Waals surface area contributed by atoms with E-state index in [2.05, 4.69) is 16.0 Å². The van der Waals surface area contributed by atoms with E-state index in [4.69, 9.17) is 5.73 Å². The van der Waals surface area contributed by atoms with Crippen molar-refractivity contribution in [3.05, 3.63) is 35.9 Å². The lowest BCUT2D eigenvalue weighted by Gasteiger charge is -2.28. The largest absolute Gasteiger partial charge is 0.480 e. The van der Waals surface area contributed by atoms with Gasteiger partial charge in [-0.15, -0.1) is 0 Å². The molecule has 0 heterocycles. The van der Waals surface area contributed by atoms with Crippen molar-refractivity contribution in [3.63, 3.8) is 0 Å². The quantitative estimate of drug-likeness (QED) is 0.268. The van der Waals surface area contributed by atoms with Crippen LogP contribution in [-0.2, 0) is 25.6 Å². The van der Waals surface area contributed by atoms with Crippen molar-refractivity contribution in [3.8, 4) is 0 Å². The van der Waals surface area contributed by atoms with Crippen LogP contribution in [0.5, 0.6) is 0 Å². The summed E-state index contributed by atoms with van der Waals surface area (Å²) in [7, 11) is 0. The summed E-state index contributed by atoms with van der Waals surface area (Å²) < 4.78 is 0. The Kier molecular flexibility index (Phi) is 12.4. The zero-order valence-electron chi connectivity index (χ0n) is 21.7. The van der Waals surface area contributed by atoms with Gasteiger partial charge in [-0.05, 0) is 29.7 Å². The van der Waals surface area contributed by atoms with Crippen LogP contribution >= 0.6 is 0 Å². The molecule has 0 aliphatic rings. The van der Waals surface area contributed by atoms with Gasteiger partial charge in [0.2, 0.25) is 17.7 Å². The molecule has 0 spiro atoms. The van der Waals surface area contributed by atoms with E-state index in [1.165, 1.54) is 0 Å². The topological polar surface area (TPSA) is 151 Å². The second-order valence-corrected chi connectivity index (χ2v) is 9.92. The number of aliphatic carboxylic acids is 1. The molecule has 0 aromatic heterocycles. The molecule has 196 valence electrons. The minimum atomic E-state index is -1.17. The molecule has 9 nitrogen and oxygen atoms in total. The maximum absolute atomic E-state index is 13.1. The minimum Gasteiger partial charge on any atom is -0.480 e. The molecule has 6 N–H and O–H groups in total. The monoisotopic (exact) mass is 490 g/mol. The normalized spacial score (nSPS) is 15.6. The number of hydrogen-bond acceptors (Lipinski definition) is 5. The highest BCUT2D eigenvalue weighted by Gasteiger charge is 2.32. The van der Waals surface area contributed by atoms with Gasteiger partial charge >= 0.3 is 5.97 Å². The Labute approximate surface area is 208 Å². The second-order valence-electron chi connectivity index (χ2n) is 9.92. The number of amides is 3. The molecular formula is C26H42N4O5. The lowest BCUT2D eigenvalue weighted by molar-refractivity contribution is -0.142. The van der Waals surface area contributed by atoms with Gasteiger partial charge in [-0.1, -0.05) is 78.3 Å². The van der Waals surface area contributed by atoms with E-state index >= 15 is 0 Å². The Morgan fingerprint density at radius 2 is 1.43 bits per heavy atom. The lowest BCUT2D eigenvalue weighted by atomic mass is 9.97. The van der Waals surface area contributed by atoms with Crippen molar-refractivity contribution in [2.24, 2.45) is 23.5 Å². The molecule has 0 radical (unpaired) electrons. The maximum atomic E-state index is 13.1. The second kappa shape index (κ2) is 14.5. The highest BCUT2D eigenvalue weighted by atomic mass is 16.4. The first-order valence-corrected chi connectivity index (χ1v) is 12.3. The fraction of sp³-hybridized carbons (Fsp3) is 0.615. The molecule has 0 aliphatic heterocycles. The number of rotatable bonds is 14. The Bertz CT molecular complexity index is 843. The van der Waals surface area contributed by atoms with Gasteiger partial charge < -0.3 is 26.8 Å².